The molecule has 2 aliphatic heterocycles. The van der Waals surface area contributed by atoms with Gasteiger partial charge in [0.05, 0.1) is 21.8 Å². The smallest absolute Gasteiger partial charge is 0.240 e. The zero-order valence-corrected chi connectivity index (χ0v) is 12.0. The van der Waals surface area contributed by atoms with Crippen LogP contribution in [0.25, 0.3) is 0 Å². The number of rotatable bonds is 1. The molecule has 1 aromatic carbocycles. The van der Waals surface area contributed by atoms with E-state index in [0.717, 1.165) is 16.8 Å². The minimum atomic E-state index is -0.618. The molecule has 0 radical (unpaired) electrons. The molecule has 0 saturated carbocycles. The Morgan fingerprint density at radius 3 is 2.65 bits per heavy atom. The Morgan fingerprint density at radius 2 is 2.00 bits per heavy atom. The van der Waals surface area contributed by atoms with Gasteiger partial charge in [-0.15, -0.1) is 0 Å². The van der Waals surface area contributed by atoms with Crippen LogP contribution >= 0.6 is 11.6 Å². The molecule has 2 N–H and O–H groups in total. The molecule has 3 rings (SSSR count). The predicted molar refractivity (Wildman–Crippen MR) is 77.0 cm³/mol. The molecule has 0 aliphatic carbocycles. The van der Waals surface area contributed by atoms with Gasteiger partial charge in [-0.2, -0.15) is 5.10 Å². The lowest BCUT2D eigenvalue weighted by Gasteiger charge is -2.18. The molecule has 0 saturated heterocycles. The monoisotopic (exact) mass is 291 g/mol. The molecule has 0 fully saturated rings. The fourth-order valence-corrected chi connectivity index (χ4v) is 2.73. The van der Waals surface area contributed by atoms with E-state index in [-0.39, 0.29) is 11.8 Å². The lowest BCUT2D eigenvalue weighted by atomic mass is 9.84. The van der Waals surface area contributed by atoms with Gasteiger partial charge in [0.15, 0.2) is 0 Å². The second kappa shape index (κ2) is 4.31. The zero-order chi connectivity index (χ0) is 14.5. The van der Waals surface area contributed by atoms with Crippen LogP contribution in [-0.2, 0) is 15.0 Å². The third-order valence-electron chi connectivity index (χ3n) is 3.81. The van der Waals surface area contributed by atoms with Gasteiger partial charge < -0.3 is 5.32 Å². The van der Waals surface area contributed by atoms with Crippen molar-refractivity contribution >= 4 is 34.8 Å². The van der Waals surface area contributed by atoms with Crippen molar-refractivity contribution in [1.29, 1.82) is 0 Å². The van der Waals surface area contributed by atoms with E-state index >= 15 is 0 Å². The Kier molecular flexibility index (Phi) is 2.83. The normalized spacial score (nSPS) is 20.1. The maximum atomic E-state index is 12.0. The largest absolute Gasteiger partial charge is 0.324 e. The van der Waals surface area contributed by atoms with Crippen molar-refractivity contribution < 1.29 is 9.59 Å². The summed E-state index contributed by atoms with van der Waals surface area (Å²) in [5, 5.41) is 7.38. The van der Waals surface area contributed by atoms with Crippen molar-refractivity contribution in [3.05, 3.63) is 28.3 Å². The number of nitrogens with zero attached hydrogens (tertiary/aromatic N) is 1. The van der Waals surface area contributed by atoms with Crippen LogP contribution in [0.5, 0.6) is 0 Å². The number of anilines is 1. The molecule has 2 amide bonds. The summed E-state index contributed by atoms with van der Waals surface area (Å²) in [6, 6.07) is 3.70. The highest BCUT2D eigenvalue weighted by Gasteiger charge is 2.40. The summed E-state index contributed by atoms with van der Waals surface area (Å²) in [5.41, 5.74) is 5.02. The third kappa shape index (κ3) is 1.89. The molecule has 0 unspecified atom stereocenters. The first-order valence-electron chi connectivity index (χ1n) is 6.41. The Balaban J connectivity index is 2.09. The van der Waals surface area contributed by atoms with Gasteiger partial charge >= 0.3 is 0 Å². The maximum absolute atomic E-state index is 12.0. The number of nitrogens with one attached hydrogen (secondary N) is 2. The fourth-order valence-electron chi connectivity index (χ4n) is 2.47. The lowest BCUT2D eigenvalue weighted by molar-refractivity contribution is -0.121. The highest BCUT2D eigenvalue weighted by atomic mass is 35.5. The van der Waals surface area contributed by atoms with E-state index in [0.29, 0.717) is 23.6 Å². The number of hydrogen-bond donors (Lipinski definition) is 2. The Bertz CT molecular complexity index is 665. The maximum Gasteiger partial charge on any atom is 0.240 e. The SMILES string of the molecule is CC1(C)C(=O)Nc2c(Cl)cc(C3=NNC(=O)CC3)cc21. The molecule has 1 aromatic rings. The molecule has 0 bridgehead atoms. The molecule has 2 heterocycles. The molecule has 0 spiro atoms. The first-order valence-corrected chi connectivity index (χ1v) is 6.78. The molecule has 6 heteroatoms. The average molecular weight is 292 g/mol. The van der Waals surface area contributed by atoms with Gasteiger partial charge in [-0.05, 0) is 37.1 Å². The van der Waals surface area contributed by atoms with Gasteiger partial charge in [0.1, 0.15) is 0 Å². The number of benzene rings is 1. The van der Waals surface area contributed by atoms with Crippen LogP contribution in [0.1, 0.15) is 37.8 Å². The summed E-state index contributed by atoms with van der Waals surface area (Å²) in [7, 11) is 0. The van der Waals surface area contributed by atoms with E-state index in [1.165, 1.54) is 0 Å². The molecule has 0 atom stereocenters. The number of carbonyl (C=O) groups excluding carboxylic acids is 2. The third-order valence-corrected chi connectivity index (χ3v) is 4.11. The van der Waals surface area contributed by atoms with Gasteiger partial charge in [0.25, 0.3) is 0 Å². The fraction of sp³-hybridized carbons (Fsp3) is 0.357. The van der Waals surface area contributed by atoms with Crippen LogP contribution < -0.4 is 10.7 Å². The molecule has 20 heavy (non-hydrogen) atoms. The Morgan fingerprint density at radius 1 is 1.25 bits per heavy atom. The molecule has 5 nitrogen and oxygen atoms in total. The van der Waals surface area contributed by atoms with Crippen molar-refractivity contribution in [3.8, 4) is 0 Å². The van der Waals surface area contributed by atoms with Gasteiger partial charge in [-0.25, -0.2) is 5.43 Å². The minimum Gasteiger partial charge on any atom is -0.324 e. The van der Waals surface area contributed by atoms with E-state index in [2.05, 4.69) is 15.8 Å². The van der Waals surface area contributed by atoms with Crippen LogP contribution in [0.2, 0.25) is 5.02 Å². The number of halogens is 1. The van der Waals surface area contributed by atoms with Crippen molar-refractivity contribution in [2.45, 2.75) is 32.1 Å². The molecule has 0 aromatic heterocycles. The topological polar surface area (TPSA) is 70.6 Å². The highest BCUT2D eigenvalue weighted by molar-refractivity contribution is 6.35. The summed E-state index contributed by atoms with van der Waals surface area (Å²) in [5.74, 6) is -0.149. The molecular formula is C14H14ClN3O2. The van der Waals surface area contributed by atoms with Crippen LogP contribution in [0.3, 0.4) is 0 Å². The Hall–Kier alpha value is -1.88. The van der Waals surface area contributed by atoms with Crippen LogP contribution in [0.4, 0.5) is 5.69 Å². The Labute approximate surface area is 121 Å². The van der Waals surface area contributed by atoms with Crippen molar-refractivity contribution in [3.63, 3.8) is 0 Å². The second-order valence-corrected chi connectivity index (χ2v) is 5.96. The van der Waals surface area contributed by atoms with E-state index in [4.69, 9.17) is 11.6 Å². The van der Waals surface area contributed by atoms with Crippen molar-refractivity contribution in [1.82, 2.24) is 5.43 Å². The van der Waals surface area contributed by atoms with E-state index in [1.807, 2.05) is 19.9 Å². The quantitative estimate of drug-likeness (QED) is 0.832. The van der Waals surface area contributed by atoms with Crippen molar-refractivity contribution in [2.75, 3.05) is 5.32 Å². The molecule has 104 valence electrons. The lowest BCUT2D eigenvalue weighted by Crippen LogP contribution is -2.27. The standard InChI is InChI=1S/C14H14ClN3O2/c1-14(2)8-5-7(10-3-4-11(19)18-17-10)6-9(15)12(8)16-13(14)20/h5-6H,3-4H2,1-2H3,(H,16,20)(H,18,19). The summed E-state index contributed by atoms with van der Waals surface area (Å²) >= 11 is 6.26. The second-order valence-electron chi connectivity index (χ2n) is 5.55. The van der Waals surface area contributed by atoms with Gasteiger partial charge in [-0.1, -0.05) is 11.6 Å². The van der Waals surface area contributed by atoms with Crippen LogP contribution in [0.15, 0.2) is 17.2 Å². The summed E-state index contributed by atoms with van der Waals surface area (Å²) < 4.78 is 0. The minimum absolute atomic E-state index is 0.0644. The van der Waals surface area contributed by atoms with Gasteiger partial charge in [0, 0.05) is 12.8 Å². The summed E-state index contributed by atoms with van der Waals surface area (Å²) in [6.07, 6.45) is 0.983. The summed E-state index contributed by atoms with van der Waals surface area (Å²) in [6.45, 7) is 3.72. The van der Waals surface area contributed by atoms with Gasteiger partial charge in [-0.3, -0.25) is 9.59 Å². The highest BCUT2D eigenvalue weighted by Crippen LogP contribution is 2.42. The van der Waals surface area contributed by atoms with Crippen LogP contribution in [-0.4, -0.2) is 17.5 Å². The number of amides is 2. The number of hydrogen-bond acceptors (Lipinski definition) is 3. The van der Waals surface area contributed by atoms with Crippen LogP contribution in [0, 0.1) is 0 Å². The molecular weight excluding hydrogens is 278 g/mol. The average Bonchev–Trinajstić information content (AvgIpc) is 2.63. The number of hydrazone groups is 1. The number of fused-ring (bicyclic) bond motifs is 1. The predicted octanol–water partition coefficient (Wildman–Crippen LogP) is 2.18. The van der Waals surface area contributed by atoms with E-state index < -0.39 is 5.41 Å². The van der Waals surface area contributed by atoms with Crippen molar-refractivity contribution in [2.24, 2.45) is 5.10 Å². The van der Waals surface area contributed by atoms with E-state index in [1.54, 1.807) is 6.07 Å². The first-order chi connectivity index (χ1) is 9.39. The zero-order valence-electron chi connectivity index (χ0n) is 11.2. The summed E-state index contributed by atoms with van der Waals surface area (Å²) in [4.78, 5) is 23.1. The number of carbonyl (C=O) groups is 2. The van der Waals surface area contributed by atoms with E-state index in [9.17, 15) is 9.59 Å². The molecule has 2 aliphatic rings. The van der Waals surface area contributed by atoms with Gasteiger partial charge in [0.2, 0.25) is 11.8 Å². The first kappa shape index (κ1) is 13.1.